The zero-order chi connectivity index (χ0) is 17.6. The summed E-state index contributed by atoms with van der Waals surface area (Å²) in [5.74, 6) is -0.272. The van der Waals surface area contributed by atoms with Gasteiger partial charge in [-0.15, -0.1) is 0 Å². The SMILES string of the molecule is C=C(Cc1cnc(NC(=O)OC(C)(C)C)c(Cl)c1)C(=O)OCC. The van der Waals surface area contributed by atoms with Crippen LogP contribution in [0.25, 0.3) is 0 Å². The van der Waals surface area contributed by atoms with E-state index in [1.165, 1.54) is 6.20 Å². The van der Waals surface area contributed by atoms with E-state index in [4.69, 9.17) is 21.1 Å². The van der Waals surface area contributed by atoms with E-state index in [1.807, 2.05) is 0 Å². The molecule has 0 saturated carbocycles. The molecule has 1 aromatic rings. The first-order valence-corrected chi connectivity index (χ1v) is 7.49. The Kier molecular flexibility index (Phi) is 6.57. The summed E-state index contributed by atoms with van der Waals surface area (Å²) in [6, 6.07) is 1.60. The molecule has 0 fully saturated rings. The van der Waals surface area contributed by atoms with Crippen LogP contribution in [0.15, 0.2) is 24.4 Å². The van der Waals surface area contributed by atoms with Crippen molar-refractivity contribution in [3.63, 3.8) is 0 Å². The van der Waals surface area contributed by atoms with Crippen molar-refractivity contribution in [3.8, 4) is 0 Å². The molecule has 0 atom stereocenters. The Hall–Kier alpha value is -2.08. The van der Waals surface area contributed by atoms with E-state index < -0.39 is 17.7 Å². The maximum atomic E-state index is 11.7. The summed E-state index contributed by atoms with van der Waals surface area (Å²) >= 11 is 6.09. The largest absolute Gasteiger partial charge is 0.463 e. The quantitative estimate of drug-likeness (QED) is 0.652. The molecule has 0 radical (unpaired) electrons. The molecule has 1 amide bonds. The van der Waals surface area contributed by atoms with Crippen LogP contribution in [0, 0.1) is 0 Å². The molecule has 0 aliphatic carbocycles. The summed E-state index contributed by atoms with van der Waals surface area (Å²) in [4.78, 5) is 27.3. The average molecular weight is 341 g/mol. The second-order valence-corrected chi connectivity index (χ2v) is 6.21. The van der Waals surface area contributed by atoms with Crippen molar-refractivity contribution in [2.24, 2.45) is 0 Å². The van der Waals surface area contributed by atoms with Crippen LogP contribution in [0.3, 0.4) is 0 Å². The third-order valence-electron chi connectivity index (χ3n) is 2.50. The third-order valence-corrected chi connectivity index (χ3v) is 2.79. The lowest BCUT2D eigenvalue weighted by atomic mass is 10.1. The van der Waals surface area contributed by atoms with Crippen molar-refractivity contribution in [1.82, 2.24) is 4.98 Å². The topological polar surface area (TPSA) is 77.5 Å². The number of nitrogens with zero attached hydrogens (tertiary/aromatic N) is 1. The molecular weight excluding hydrogens is 320 g/mol. The molecule has 23 heavy (non-hydrogen) atoms. The van der Waals surface area contributed by atoms with Crippen LogP contribution in [0.4, 0.5) is 10.6 Å². The van der Waals surface area contributed by atoms with Gasteiger partial charge in [0, 0.05) is 18.2 Å². The van der Waals surface area contributed by atoms with E-state index in [9.17, 15) is 9.59 Å². The molecule has 1 aromatic heterocycles. The molecule has 1 heterocycles. The Balaban J connectivity index is 2.73. The minimum atomic E-state index is -0.643. The molecule has 126 valence electrons. The molecule has 0 unspecified atom stereocenters. The first-order chi connectivity index (χ1) is 10.6. The van der Waals surface area contributed by atoms with Gasteiger partial charge in [-0.3, -0.25) is 5.32 Å². The van der Waals surface area contributed by atoms with Gasteiger partial charge in [0.1, 0.15) is 5.60 Å². The van der Waals surface area contributed by atoms with E-state index in [0.717, 1.165) is 0 Å². The summed E-state index contributed by atoms with van der Waals surface area (Å²) in [5.41, 5.74) is 0.369. The van der Waals surface area contributed by atoms with Crippen molar-refractivity contribution < 1.29 is 19.1 Å². The van der Waals surface area contributed by atoms with Crippen LogP contribution in [-0.4, -0.2) is 29.3 Å². The van der Waals surface area contributed by atoms with E-state index in [1.54, 1.807) is 33.8 Å². The predicted octanol–water partition coefficient (Wildman–Crippen LogP) is 3.74. The van der Waals surface area contributed by atoms with E-state index in [2.05, 4.69) is 16.9 Å². The van der Waals surface area contributed by atoms with E-state index in [-0.39, 0.29) is 23.9 Å². The molecule has 1 N–H and O–H groups in total. The van der Waals surface area contributed by atoms with Gasteiger partial charge in [-0.2, -0.15) is 0 Å². The van der Waals surface area contributed by atoms with Gasteiger partial charge in [0.2, 0.25) is 0 Å². The third kappa shape index (κ3) is 6.69. The molecule has 0 aromatic carbocycles. The molecular formula is C16H21ClN2O4. The highest BCUT2D eigenvalue weighted by atomic mass is 35.5. The second kappa shape index (κ2) is 7.97. The van der Waals surface area contributed by atoms with Crippen LogP contribution in [0.2, 0.25) is 5.02 Å². The van der Waals surface area contributed by atoms with Gasteiger partial charge in [0.15, 0.2) is 5.82 Å². The predicted molar refractivity (Wildman–Crippen MR) is 88.6 cm³/mol. The Bertz CT molecular complexity index is 609. The van der Waals surface area contributed by atoms with Crippen molar-refractivity contribution >= 4 is 29.5 Å². The number of carbonyl (C=O) groups excluding carboxylic acids is 2. The van der Waals surface area contributed by atoms with Crippen LogP contribution in [0.5, 0.6) is 0 Å². The first kappa shape index (κ1) is 19.0. The minimum absolute atomic E-state index is 0.186. The zero-order valence-corrected chi connectivity index (χ0v) is 14.5. The smallest absolute Gasteiger partial charge is 0.413 e. The summed E-state index contributed by atoms with van der Waals surface area (Å²) in [6.07, 6.45) is 1.12. The normalized spacial score (nSPS) is 10.8. The van der Waals surface area contributed by atoms with Gasteiger partial charge in [0.25, 0.3) is 0 Å². The maximum absolute atomic E-state index is 11.7. The van der Waals surface area contributed by atoms with Gasteiger partial charge < -0.3 is 9.47 Å². The number of ether oxygens (including phenoxy) is 2. The van der Waals surface area contributed by atoms with Crippen LogP contribution < -0.4 is 5.32 Å². The molecule has 6 nitrogen and oxygen atoms in total. The lowest BCUT2D eigenvalue weighted by Crippen LogP contribution is -2.27. The number of anilines is 1. The summed E-state index contributed by atoms with van der Waals surface area (Å²) in [5, 5.41) is 2.71. The van der Waals surface area contributed by atoms with Gasteiger partial charge in [-0.25, -0.2) is 14.6 Å². The standard InChI is InChI=1S/C16H21ClN2O4/c1-6-22-14(20)10(2)7-11-8-12(17)13(18-9-11)19-15(21)23-16(3,4)5/h8-9H,2,6-7H2,1,3-5H3,(H,18,19,21). The van der Waals surface area contributed by atoms with E-state index >= 15 is 0 Å². The molecule has 1 rings (SSSR count). The fraction of sp³-hybridized carbons (Fsp3) is 0.438. The van der Waals surface area contributed by atoms with Crippen molar-refractivity contribution in [3.05, 3.63) is 35.0 Å². The molecule has 0 aliphatic heterocycles. The number of aromatic nitrogens is 1. The number of hydrogen-bond acceptors (Lipinski definition) is 5. The number of esters is 1. The molecule has 0 saturated heterocycles. The Labute approximate surface area is 140 Å². The second-order valence-electron chi connectivity index (χ2n) is 5.80. The van der Waals surface area contributed by atoms with Gasteiger partial charge in [-0.05, 0) is 39.3 Å². The lowest BCUT2D eigenvalue weighted by Gasteiger charge is -2.19. The molecule has 0 spiro atoms. The number of halogens is 1. The van der Waals surface area contributed by atoms with Gasteiger partial charge >= 0.3 is 12.1 Å². The number of hydrogen-bond donors (Lipinski definition) is 1. The maximum Gasteiger partial charge on any atom is 0.413 e. The monoisotopic (exact) mass is 340 g/mol. The van der Waals surface area contributed by atoms with Crippen molar-refractivity contribution in [2.45, 2.75) is 39.7 Å². The fourth-order valence-corrected chi connectivity index (χ4v) is 1.85. The Morgan fingerprint density at radius 3 is 2.57 bits per heavy atom. The van der Waals surface area contributed by atoms with E-state index in [0.29, 0.717) is 11.1 Å². The van der Waals surface area contributed by atoms with Crippen LogP contribution >= 0.6 is 11.6 Å². The van der Waals surface area contributed by atoms with Crippen molar-refractivity contribution in [2.75, 3.05) is 11.9 Å². The van der Waals surface area contributed by atoms with Crippen molar-refractivity contribution in [1.29, 1.82) is 0 Å². The number of pyridine rings is 1. The zero-order valence-electron chi connectivity index (χ0n) is 13.7. The number of amides is 1. The first-order valence-electron chi connectivity index (χ1n) is 7.11. The van der Waals surface area contributed by atoms with Gasteiger partial charge in [0.05, 0.1) is 11.6 Å². The minimum Gasteiger partial charge on any atom is -0.463 e. The lowest BCUT2D eigenvalue weighted by molar-refractivity contribution is -0.138. The number of carbonyl (C=O) groups is 2. The molecule has 0 aliphatic rings. The fourth-order valence-electron chi connectivity index (χ4n) is 1.62. The average Bonchev–Trinajstić information content (AvgIpc) is 2.40. The highest BCUT2D eigenvalue weighted by molar-refractivity contribution is 6.33. The molecule has 0 bridgehead atoms. The van der Waals surface area contributed by atoms with Crippen LogP contribution in [-0.2, 0) is 20.7 Å². The van der Waals surface area contributed by atoms with Gasteiger partial charge in [-0.1, -0.05) is 18.2 Å². The van der Waals surface area contributed by atoms with Crippen LogP contribution in [0.1, 0.15) is 33.3 Å². The Morgan fingerprint density at radius 1 is 1.39 bits per heavy atom. The highest BCUT2D eigenvalue weighted by Gasteiger charge is 2.18. The number of rotatable bonds is 5. The number of nitrogens with one attached hydrogen (secondary N) is 1. The summed E-state index contributed by atoms with van der Waals surface area (Å²) in [7, 11) is 0. The Morgan fingerprint density at radius 2 is 2.04 bits per heavy atom. The summed E-state index contributed by atoms with van der Waals surface area (Å²) in [6.45, 7) is 11.0. The highest BCUT2D eigenvalue weighted by Crippen LogP contribution is 2.22. The molecule has 7 heteroatoms. The summed E-state index contributed by atoms with van der Waals surface area (Å²) < 4.78 is 9.99.